The number of hydrogen-bond donors (Lipinski definition) is 0. The van der Waals surface area contributed by atoms with Gasteiger partial charge in [0.2, 0.25) is 10.0 Å². The first-order valence-electron chi connectivity index (χ1n) is 8.49. The molecule has 0 saturated carbocycles. The molecule has 1 unspecified atom stereocenters. The van der Waals surface area contributed by atoms with Crippen LogP contribution in [0, 0.1) is 0 Å². The maximum Gasteiger partial charge on any atom is 0.334 e. The van der Waals surface area contributed by atoms with Crippen LogP contribution < -0.4 is 0 Å². The molecule has 0 aliphatic carbocycles. The van der Waals surface area contributed by atoms with Gasteiger partial charge >= 0.3 is 6.03 Å². The van der Waals surface area contributed by atoms with Gasteiger partial charge in [0.1, 0.15) is 0 Å². The largest absolute Gasteiger partial charge is 0.334 e. The molecule has 1 fully saturated rings. The molecule has 2 heterocycles. The van der Waals surface area contributed by atoms with Crippen LogP contribution in [-0.2, 0) is 22.9 Å². The van der Waals surface area contributed by atoms with Crippen LogP contribution in [0.1, 0.15) is 22.7 Å². The molecule has 0 aromatic heterocycles. The van der Waals surface area contributed by atoms with E-state index in [1.807, 2.05) is 54.6 Å². The Hall–Kier alpha value is -2.34. The fraction of sp³-hybridized carbons (Fsp3) is 0.316. The lowest BCUT2D eigenvalue weighted by atomic mass is 9.94. The standard InChI is InChI=1S/C19H20N2O3S/c22-19-20-12-11-16-8-4-5-9-17(16)18(20)14-25(23,24)21(19)13-10-15-6-2-1-3-7-15/h1-9,18H,10-14H2. The minimum atomic E-state index is -3.61. The van der Waals surface area contributed by atoms with E-state index in [2.05, 4.69) is 0 Å². The molecular formula is C19H20N2O3S. The summed E-state index contributed by atoms with van der Waals surface area (Å²) >= 11 is 0. The second kappa shape index (κ2) is 6.19. The van der Waals surface area contributed by atoms with Gasteiger partial charge in [-0.3, -0.25) is 0 Å². The van der Waals surface area contributed by atoms with Crippen LogP contribution in [0.5, 0.6) is 0 Å². The Bertz CT molecular complexity index is 896. The van der Waals surface area contributed by atoms with Crippen LogP contribution in [0.4, 0.5) is 4.79 Å². The molecule has 1 saturated heterocycles. The molecule has 0 N–H and O–H groups in total. The Morgan fingerprint density at radius 2 is 1.72 bits per heavy atom. The van der Waals surface area contributed by atoms with Crippen molar-refractivity contribution in [3.05, 3.63) is 71.3 Å². The van der Waals surface area contributed by atoms with E-state index >= 15 is 0 Å². The third-order valence-corrected chi connectivity index (χ3v) is 6.77. The van der Waals surface area contributed by atoms with Crippen LogP contribution in [0.3, 0.4) is 0 Å². The van der Waals surface area contributed by atoms with Gasteiger partial charge in [-0.2, -0.15) is 0 Å². The number of urea groups is 1. The molecule has 2 amide bonds. The molecule has 0 bridgehead atoms. The summed E-state index contributed by atoms with van der Waals surface area (Å²) in [5.41, 5.74) is 3.13. The quantitative estimate of drug-likeness (QED) is 0.849. The SMILES string of the molecule is O=C1N2CCc3ccccc3C2CS(=O)(=O)N1CCc1ccccc1. The second-order valence-electron chi connectivity index (χ2n) is 6.53. The van der Waals surface area contributed by atoms with Crippen molar-refractivity contribution in [3.63, 3.8) is 0 Å². The van der Waals surface area contributed by atoms with Gasteiger partial charge < -0.3 is 4.90 Å². The fourth-order valence-electron chi connectivity index (χ4n) is 3.72. The van der Waals surface area contributed by atoms with Gasteiger partial charge in [0.15, 0.2) is 0 Å². The number of nitrogens with zero attached hydrogens (tertiary/aromatic N) is 2. The van der Waals surface area contributed by atoms with E-state index in [1.54, 1.807) is 4.90 Å². The van der Waals surface area contributed by atoms with E-state index in [1.165, 1.54) is 0 Å². The summed E-state index contributed by atoms with van der Waals surface area (Å²) < 4.78 is 26.6. The third-order valence-electron chi connectivity index (χ3n) is 5.02. The smallest absolute Gasteiger partial charge is 0.315 e. The normalized spacial score (nSPS) is 21.6. The highest BCUT2D eigenvalue weighted by molar-refractivity contribution is 7.89. The molecule has 5 nitrogen and oxygen atoms in total. The minimum absolute atomic E-state index is 0.0372. The van der Waals surface area contributed by atoms with Crippen LogP contribution in [0.2, 0.25) is 0 Å². The van der Waals surface area contributed by atoms with Gasteiger partial charge in [-0.15, -0.1) is 0 Å². The highest BCUT2D eigenvalue weighted by Crippen LogP contribution is 2.35. The predicted octanol–water partition coefficient (Wildman–Crippen LogP) is 2.59. The van der Waals surface area contributed by atoms with Crippen LogP contribution in [0.15, 0.2) is 54.6 Å². The molecular weight excluding hydrogens is 336 g/mol. The number of carbonyl (C=O) groups excluding carboxylic acids is 1. The Balaban J connectivity index is 1.59. The fourth-order valence-corrected chi connectivity index (χ4v) is 5.37. The van der Waals surface area contributed by atoms with E-state index in [0.29, 0.717) is 13.0 Å². The molecule has 25 heavy (non-hydrogen) atoms. The van der Waals surface area contributed by atoms with Gasteiger partial charge in [-0.05, 0) is 29.5 Å². The van der Waals surface area contributed by atoms with Crippen molar-refractivity contribution in [2.75, 3.05) is 18.8 Å². The molecule has 0 radical (unpaired) electrons. The average molecular weight is 356 g/mol. The zero-order valence-corrected chi connectivity index (χ0v) is 14.7. The number of hydrogen-bond acceptors (Lipinski definition) is 3. The Morgan fingerprint density at radius 3 is 2.52 bits per heavy atom. The lowest BCUT2D eigenvalue weighted by molar-refractivity contribution is 0.147. The van der Waals surface area contributed by atoms with Crippen molar-refractivity contribution in [2.24, 2.45) is 0 Å². The molecule has 1 atom stereocenters. The number of rotatable bonds is 3. The van der Waals surface area contributed by atoms with E-state index in [4.69, 9.17) is 0 Å². The maximum atomic E-state index is 12.9. The van der Waals surface area contributed by atoms with E-state index in [-0.39, 0.29) is 24.4 Å². The van der Waals surface area contributed by atoms with Crippen LogP contribution in [0.25, 0.3) is 0 Å². The van der Waals surface area contributed by atoms with Crippen molar-refractivity contribution in [1.29, 1.82) is 0 Å². The first-order valence-corrected chi connectivity index (χ1v) is 10.1. The number of carbonyl (C=O) groups is 1. The van der Waals surface area contributed by atoms with E-state index in [0.717, 1.165) is 27.4 Å². The first kappa shape index (κ1) is 16.1. The van der Waals surface area contributed by atoms with Gasteiger partial charge in [-0.1, -0.05) is 54.6 Å². The zero-order valence-electron chi connectivity index (χ0n) is 13.8. The summed E-state index contributed by atoms with van der Waals surface area (Å²) in [7, 11) is -3.61. The van der Waals surface area contributed by atoms with Crippen LogP contribution in [-0.4, -0.2) is 42.5 Å². The summed E-state index contributed by atoms with van der Waals surface area (Å²) in [4.78, 5) is 14.6. The van der Waals surface area contributed by atoms with Crippen molar-refractivity contribution >= 4 is 16.1 Å². The second-order valence-corrected chi connectivity index (χ2v) is 8.46. The Morgan fingerprint density at radius 1 is 1.00 bits per heavy atom. The summed E-state index contributed by atoms with van der Waals surface area (Å²) in [6, 6.07) is 16.7. The molecule has 2 aromatic carbocycles. The monoisotopic (exact) mass is 356 g/mol. The van der Waals surface area contributed by atoms with E-state index in [9.17, 15) is 13.2 Å². The van der Waals surface area contributed by atoms with Gasteiger partial charge in [0.05, 0.1) is 11.8 Å². The average Bonchev–Trinajstić information content (AvgIpc) is 2.62. The van der Waals surface area contributed by atoms with Gasteiger partial charge in [0.25, 0.3) is 0 Å². The van der Waals surface area contributed by atoms with Gasteiger partial charge in [-0.25, -0.2) is 17.5 Å². The highest BCUT2D eigenvalue weighted by atomic mass is 32.2. The van der Waals surface area contributed by atoms with E-state index < -0.39 is 10.0 Å². The molecule has 2 aliphatic rings. The lowest BCUT2D eigenvalue weighted by Gasteiger charge is -2.44. The first-order chi connectivity index (χ1) is 12.1. The van der Waals surface area contributed by atoms with Crippen molar-refractivity contribution in [1.82, 2.24) is 9.21 Å². The van der Waals surface area contributed by atoms with Crippen molar-refractivity contribution < 1.29 is 13.2 Å². The number of fused-ring (bicyclic) bond motifs is 3. The zero-order chi connectivity index (χ0) is 17.4. The third kappa shape index (κ3) is 2.91. The van der Waals surface area contributed by atoms with Gasteiger partial charge in [0, 0.05) is 13.1 Å². The number of benzene rings is 2. The molecule has 0 spiro atoms. The molecule has 130 valence electrons. The minimum Gasteiger partial charge on any atom is -0.315 e. The summed E-state index contributed by atoms with van der Waals surface area (Å²) in [5.74, 6) is -0.0372. The summed E-state index contributed by atoms with van der Waals surface area (Å²) in [6.45, 7) is 0.758. The topological polar surface area (TPSA) is 57.7 Å². The molecule has 4 rings (SSSR count). The van der Waals surface area contributed by atoms with Crippen molar-refractivity contribution in [2.45, 2.75) is 18.9 Å². The molecule has 2 aromatic rings. The highest BCUT2D eigenvalue weighted by Gasteiger charge is 2.44. The molecule has 2 aliphatic heterocycles. The summed E-state index contributed by atoms with van der Waals surface area (Å²) in [5, 5.41) is 0. The lowest BCUT2D eigenvalue weighted by Crippen LogP contribution is -2.57. The number of sulfonamides is 1. The predicted molar refractivity (Wildman–Crippen MR) is 95.6 cm³/mol. The molecule has 6 heteroatoms. The Kier molecular flexibility index (Phi) is 4.00. The summed E-state index contributed by atoms with van der Waals surface area (Å²) in [6.07, 6.45) is 1.30. The maximum absolute atomic E-state index is 12.9. The van der Waals surface area contributed by atoms with Crippen LogP contribution >= 0.6 is 0 Å². The number of amides is 2. The van der Waals surface area contributed by atoms with Crippen molar-refractivity contribution in [3.8, 4) is 0 Å². The Labute approximate surface area is 147 Å².